The number of halogens is 2. The molecule has 19 heavy (non-hydrogen) atoms. The maximum Gasteiger partial charge on any atom is 0.129 e. The average molecular weight is 336 g/mol. The maximum absolute atomic E-state index is 6.05. The minimum absolute atomic E-state index is 0.390. The van der Waals surface area contributed by atoms with Gasteiger partial charge in [0.2, 0.25) is 0 Å². The Kier molecular flexibility index (Phi) is 3.33. The number of rotatable bonds is 2. The average Bonchev–Trinajstić information content (AvgIpc) is 2.80. The van der Waals surface area contributed by atoms with Crippen molar-refractivity contribution in [3.05, 3.63) is 58.3 Å². The molecule has 1 aromatic heterocycles. The summed E-state index contributed by atoms with van der Waals surface area (Å²) in [7, 11) is 0. The second kappa shape index (κ2) is 4.99. The molecule has 0 saturated carbocycles. The Labute approximate surface area is 125 Å². The number of aromatic nitrogens is 2. The zero-order valence-electron chi connectivity index (χ0n) is 10.4. The number of hydrogen-bond donors (Lipinski definition) is 0. The Balaban J connectivity index is 2.37. The first-order chi connectivity index (χ1) is 9.20. The molecule has 0 atom stereocenters. The van der Waals surface area contributed by atoms with Crippen molar-refractivity contribution in [2.75, 3.05) is 0 Å². The highest BCUT2D eigenvalue weighted by molar-refractivity contribution is 9.10. The van der Waals surface area contributed by atoms with Crippen molar-refractivity contribution in [2.45, 2.75) is 12.8 Å². The van der Waals surface area contributed by atoms with Crippen molar-refractivity contribution >= 4 is 38.6 Å². The molecule has 96 valence electrons. The molecule has 0 amide bonds. The lowest BCUT2D eigenvalue weighted by atomic mass is 10.2. The van der Waals surface area contributed by atoms with Crippen molar-refractivity contribution in [1.82, 2.24) is 9.55 Å². The lowest BCUT2D eigenvalue weighted by molar-refractivity contribution is 0.971. The Morgan fingerprint density at radius 1 is 1.21 bits per heavy atom. The molecule has 2 nitrogen and oxygen atoms in total. The Hall–Kier alpha value is -1.32. The molecule has 0 saturated heterocycles. The van der Waals surface area contributed by atoms with Gasteiger partial charge in [-0.1, -0.05) is 34.1 Å². The highest BCUT2D eigenvalue weighted by Crippen LogP contribution is 2.26. The van der Waals surface area contributed by atoms with Gasteiger partial charge >= 0.3 is 0 Å². The molecular formula is C15H12BrClN2. The van der Waals surface area contributed by atoms with Crippen LogP contribution in [0.2, 0.25) is 0 Å². The van der Waals surface area contributed by atoms with Crippen molar-refractivity contribution in [3.8, 4) is 5.69 Å². The van der Waals surface area contributed by atoms with Gasteiger partial charge in [-0.2, -0.15) is 0 Å². The number of alkyl halides is 1. The quantitative estimate of drug-likeness (QED) is 0.613. The third-order valence-corrected chi connectivity index (χ3v) is 3.89. The second-order valence-electron chi connectivity index (χ2n) is 4.42. The summed E-state index contributed by atoms with van der Waals surface area (Å²) in [6.07, 6.45) is 0. The fourth-order valence-electron chi connectivity index (χ4n) is 2.26. The van der Waals surface area contributed by atoms with Crippen LogP contribution in [0.3, 0.4) is 0 Å². The van der Waals surface area contributed by atoms with Crippen LogP contribution >= 0.6 is 27.5 Å². The molecule has 0 radical (unpaired) electrons. The van der Waals surface area contributed by atoms with E-state index in [1.807, 2.05) is 24.3 Å². The molecule has 0 spiro atoms. The Bertz CT molecular complexity index is 749. The third kappa shape index (κ3) is 2.17. The number of fused-ring (bicyclic) bond motifs is 1. The van der Waals surface area contributed by atoms with E-state index < -0.39 is 0 Å². The Morgan fingerprint density at radius 2 is 2.00 bits per heavy atom. The summed E-state index contributed by atoms with van der Waals surface area (Å²) in [6, 6.07) is 14.3. The third-order valence-electron chi connectivity index (χ3n) is 3.16. The summed E-state index contributed by atoms with van der Waals surface area (Å²) in [5.41, 5.74) is 4.35. The summed E-state index contributed by atoms with van der Waals surface area (Å²) in [5.74, 6) is 1.25. The number of hydrogen-bond acceptors (Lipinski definition) is 1. The zero-order chi connectivity index (χ0) is 13.4. The molecule has 0 unspecified atom stereocenters. The fraction of sp³-hybridized carbons (Fsp3) is 0.133. The van der Waals surface area contributed by atoms with Gasteiger partial charge in [0.15, 0.2) is 0 Å². The van der Waals surface area contributed by atoms with Crippen LogP contribution in [0.15, 0.2) is 46.9 Å². The van der Waals surface area contributed by atoms with Gasteiger partial charge in [-0.25, -0.2) is 4.98 Å². The van der Waals surface area contributed by atoms with Gasteiger partial charge in [-0.3, -0.25) is 4.57 Å². The van der Waals surface area contributed by atoms with Crippen LogP contribution in [0.5, 0.6) is 0 Å². The van der Waals surface area contributed by atoms with Crippen LogP contribution in [0.4, 0.5) is 0 Å². The van der Waals surface area contributed by atoms with Crippen LogP contribution in [-0.4, -0.2) is 9.55 Å². The van der Waals surface area contributed by atoms with Gasteiger partial charge in [0.05, 0.1) is 22.6 Å². The maximum atomic E-state index is 6.05. The van der Waals surface area contributed by atoms with E-state index in [9.17, 15) is 0 Å². The molecule has 0 aliphatic rings. The molecule has 3 aromatic rings. The van der Waals surface area contributed by atoms with E-state index in [0.29, 0.717) is 5.88 Å². The van der Waals surface area contributed by atoms with Crippen molar-refractivity contribution in [3.63, 3.8) is 0 Å². The van der Waals surface area contributed by atoms with E-state index in [1.165, 1.54) is 5.56 Å². The van der Waals surface area contributed by atoms with Crippen molar-refractivity contribution in [1.29, 1.82) is 0 Å². The predicted octanol–water partition coefficient (Wildman–Crippen LogP) is 4.84. The monoisotopic (exact) mass is 334 g/mol. The Morgan fingerprint density at radius 3 is 2.79 bits per heavy atom. The predicted molar refractivity (Wildman–Crippen MR) is 83.1 cm³/mol. The normalized spacial score (nSPS) is 11.1. The summed E-state index contributed by atoms with van der Waals surface area (Å²) >= 11 is 9.58. The van der Waals surface area contributed by atoms with Gasteiger partial charge < -0.3 is 0 Å². The molecule has 0 bridgehead atoms. The van der Waals surface area contributed by atoms with Gasteiger partial charge in [0, 0.05) is 4.47 Å². The summed E-state index contributed by atoms with van der Waals surface area (Å²) in [5, 5.41) is 0. The molecule has 0 N–H and O–H groups in total. The lowest BCUT2D eigenvalue weighted by Crippen LogP contribution is -2.01. The molecule has 3 rings (SSSR count). The molecule has 4 heteroatoms. The zero-order valence-corrected chi connectivity index (χ0v) is 12.7. The highest BCUT2D eigenvalue weighted by atomic mass is 79.9. The van der Waals surface area contributed by atoms with E-state index in [4.69, 9.17) is 11.6 Å². The van der Waals surface area contributed by atoms with E-state index >= 15 is 0 Å². The van der Waals surface area contributed by atoms with Crippen LogP contribution in [0.25, 0.3) is 16.7 Å². The molecule has 0 aliphatic heterocycles. The smallest absolute Gasteiger partial charge is 0.129 e. The number of aryl methyl sites for hydroxylation is 1. The standard InChI is InChI=1S/C15H12BrClN2/c1-10-6-7-11(16)8-14(10)19-13-5-3-2-4-12(13)18-15(19)9-17/h2-8H,9H2,1H3. The molecular weight excluding hydrogens is 324 g/mol. The number of para-hydroxylation sites is 2. The first-order valence-corrected chi connectivity index (χ1v) is 7.32. The molecule has 1 heterocycles. The fourth-order valence-corrected chi connectivity index (χ4v) is 2.79. The SMILES string of the molecule is Cc1ccc(Br)cc1-n1c(CCl)nc2ccccc21. The van der Waals surface area contributed by atoms with Crippen LogP contribution < -0.4 is 0 Å². The van der Waals surface area contributed by atoms with Crippen molar-refractivity contribution < 1.29 is 0 Å². The molecule has 2 aromatic carbocycles. The topological polar surface area (TPSA) is 17.8 Å². The lowest BCUT2D eigenvalue weighted by Gasteiger charge is -2.11. The van der Waals surface area contributed by atoms with Gasteiger partial charge in [0.1, 0.15) is 5.82 Å². The minimum atomic E-state index is 0.390. The van der Waals surface area contributed by atoms with E-state index in [-0.39, 0.29) is 0 Å². The summed E-state index contributed by atoms with van der Waals surface area (Å²) in [6.45, 7) is 2.09. The molecule has 0 aliphatic carbocycles. The van der Waals surface area contributed by atoms with E-state index in [0.717, 1.165) is 27.0 Å². The summed E-state index contributed by atoms with van der Waals surface area (Å²) in [4.78, 5) is 4.59. The molecule has 0 fully saturated rings. The largest absolute Gasteiger partial charge is 0.295 e. The van der Waals surface area contributed by atoms with Crippen LogP contribution in [0, 0.1) is 6.92 Å². The first kappa shape index (κ1) is 12.7. The van der Waals surface area contributed by atoms with E-state index in [2.05, 4.69) is 50.6 Å². The first-order valence-electron chi connectivity index (χ1n) is 5.99. The minimum Gasteiger partial charge on any atom is -0.295 e. The van der Waals surface area contributed by atoms with E-state index in [1.54, 1.807) is 0 Å². The van der Waals surface area contributed by atoms with Crippen LogP contribution in [-0.2, 0) is 5.88 Å². The van der Waals surface area contributed by atoms with Crippen molar-refractivity contribution in [2.24, 2.45) is 0 Å². The van der Waals surface area contributed by atoms with Gasteiger partial charge in [-0.15, -0.1) is 11.6 Å². The highest BCUT2D eigenvalue weighted by Gasteiger charge is 2.13. The van der Waals surface area contributed by atoms with Crippen LogP contribution in [0.1, 0.15) is 11.4 Å². The van der Waals surface area contributed by atoms with Gasteiger partial charge in [0.25, 0.3) is 0 Å². The summed E-state index contributed by atoms with van der Waals surface area (Å²) < 4.78 is 3.18. The number of nitrogens with zero attached hydrogens (tertiary/aromatic N) is 2. The second-order valence-corrected chi connectivity index (χ2v) is 5.60. The van der Waals surface area contributed by atoms with Gasteiger partial charge in [-0.05, 0) is 36.8 Å². The number of imidazole rings is 1. The number of benzene rings is 2.